The largest absolute Gasteiger partial charge is 0.357 e. The topological polar surface area (TPSA) is 97.6 Å². The van der Waals surface area contributed by atoms with Crippen LogP contribution in [0, 0.1) is 13.8 Å². The average Bonchev–Trinajstić information content (AvgIpc) is 3.45. The summed E-state index contributed by atoms with van der Waals surface area (Å²) in [5, 5.41) is 8.05. The summed E-state index contributed by atoms with van der Waals surface area (Å²) in [6.07, 6.45) is 5.07. The third-order valence-corrected chi connectivity index (χ3v) is 5.74. The smallest absolute Gasteiger partial charge is 0.274 e. The second-order valence-electron chi connectivity index (χ2n) is 7.93. The maximum absolute atomic E-state index is 13.0. The SMILES string of the molecule is Cc1ccc(NC(=O)c2cnn(-c3ccccc3)c2C)nc1-c1cn(C)c(=O)c2[nH]ccc12. The van der Waals surface area contributed by atoms with Gasteiger partial charge in [0.05, 0.1) is 28.8 Å². The van der Waals surface area contributed by atoms with Crippen LogP contribution in [-0.4, -0.2) is 30.2 Å². The van der Waals surface area contributed by atoms with Crippen molar-refractivity contribution in [1.29, 1.82) is 0 Å². The first kappa shape index (κ1) is 20.4. The van der Waals surface area contributed by atoms with Gasteiger partial charge < -0.3 is 14.9 Å². The fraction of sp³-hybridized carbons (Fsp3) is 0.120. The van der Waals surface area contributed by atoms with Crippen LogP contribution in [0.3, 0.4) is 0 Å². The van der Waals surface area contributed by atoms with Crippen LogP contribution in [0.4, 0.5) is 5.82 Å². The molecule has 5 rings (SSSR count). The van der Waals surface area contributed by atoms with Gasteiger partial charge >= 0.3 is 0 Å². The molecule has 1 aromatic carbocycles. The van der Waals surface area contributed by atoms with Crippen LogP contribution in [0.15, 0.2) is 71.9 Å². The fourth-order valence-corrected chi connectivity index (χ4v) is 3.97. The monoisotopic (exact) mass is 438 g/mol. The molecule has 164 valence electrons. The molecule has 0 saturated carbocycles. The summed E-state index contributed by atoms with van der Waals surface area (Å²) in [7, 11) is 1.71. The van der Waals surface area contributed by atoms with Crippen molar-refractivity contribution in [3.05, 3.63) is 94.3 Å². The molecule has 1 amide bonds. The van der Waals surface area contributed by atoms with E-state index in [9.17, 15) is 9.59 Å². The van der Waals surface area contributed by atoms with Gasteiger partial charge in [0.25, 0.3) is 11.5 Å². The van der Waals surface area contributed by atoms with Gasteiger partial charge in [-0.1, -0.05) is 24.3 Å². The zero-order chi connectivity index (χ0) is 23.1. The van der Waals surface area contributed by atoms with E-state index in [1.54, 1.807) is 36.4 Å². The lowest BCUT2D eigenvalue weighted by Crippen LogP contribution is -2.17. The summed E-state index contributed by atoms with van der Waals surface area (Å²) in [4.78, 5) is 33.2. The van der Waals surface area contributed by atoms with E-state index < -0.39 is 0 Å². The van der Waals surface area contributed by atoms with Crippen LogP contribution in [-0.2, 0) is 7.05 Å². The number of fused-ring (bicyclic) bond motifs is 1. The highest BCUT2D eigenvalue weighted by molar-refractivity contribution is 6.04. The molecular formula is C25H22N6O2. The molecule has 0 bridgehead atoms. The number of carbonyl (C=O) groups excluding carboxylic acids is 1. The van der Waals surface area contributed by atoms with E-state index in [1.807, 2.05) is 56.3 Å². The summed E-state index contributed by atoms with van der Waals surface area (Å²) in [5.74, 6) is 0.134. The number of amides is 1. The van der Waals surface area contributed by atoms with Crippen LogP contribution >= 0.6 is 0 Å². The number of carbonyl (C=O) groups is 1. The molecular weight excluding hydrogens is 416 g/mol. The number of anilines is 1. The lowest BCUT2D eigenvalue weighted by atomic mass is 10.0. The molecule has 0 radical (unpaired) electrons. The molecule has 8 heteroatoms. The number of H-pyrrole nitrogens is 1. The Morgan fingerprint density at radius 1 is 1.06 bits per heavy atom. The molecule has 5 aromatic rings. The van der Waals surface area contributed by atoms with Crippen molar-refractivity contribution in [2.45, 2.75) is 13.8 Å². The molecule has 2 N–H and O–H groups in total. The number of pyridine rings is 2. The molecule has 33 heavy (non-hydrogen) atoms. The number of aryl methyl sites for hydroxylation is 2. The summed E-state index contributed by atoms with van der Waals surface area (Å²) < 4.78 is 3.26. The Morgan fingerprint density at radius 2 is 1.85 bits per heavy atom. The summed E-state index contributed by atoms with van der Waals surface area (Å²) >= 11 is 0. The minimum Gasteiger partial charge on any atom is -0.357 e. The standard InChI is InChI=1S/C25H22N6O2/c1-15-9-10-21(28-22(15)20-14-30(3)25(33)23-18(20)11-12-26-23)29-24(32)19-13-27-31(16(19)2)17-7-5-4-6-8-17/h4-14,26H,1-3H3,(H,28,29,32). The number of benzene rings is 1. The van der Waals surface area contributed by atoms with E-state index in [1.165, 1.54) is 4.57 Å². The molecule has 0 spiro atoms. The molecule has 0 atom stereocenters. The van der Waals surface area contributed by atoms with Gasteiger partial charge in [0, 0.05) is 30.4 Å². The van der Waals surface area contributed by atoms with E-state index in [4.69, 9.17) is 4.98 Å². The first-order chi connectivity index (χ1) is 15.9. The van der Waals surface area contributed by atoms with Crippen LogP contribution < -0.4 is 10.9 Å². The molecule has 0 aliphatic heterocycles. The molecule has 0 saturated heterocycles. The van der Waals surface area contributed by atoms with Crippen LogP contribution in [0.2, 0.25) is 0 Å². The van der Waals surface area contributed by atoms with E-state index in [0.717, 1.165) is 27.9 Å². The molecule has 0 aliphatic rings. The van der Waals surface area contributed by atoms with Crippen LogP contribution in [0.25, 0.3) is 27.8 Å². The predicted octanol–water partition coefficient (Wildman–Crippen LogP) is 3.98. The minimum atomic E-state index is -0.288. The fourth-order valence-electron chi connectivity index (χ4n) is 3.97. The van der Waals surface area contributed by atoms with Gasteiger partial charge in [-0.25, -0.2) is 9.67 Å². The third kappa shape index (κ3) is 3.51. The maximum atomic E-state index is 13.0. The van der Waals surface area contributed by atoms with Crippen molar-refractivity contribution >= 4 is 22.6 Å². The second-order valence-corrected chi connectivity index (χ2v) is 7.93. The quantitative estimate of drug-likeness (QED) is 0.443. The predicted molar refractivity (Wildman–Crippen MR) is 128 cm³/mol. The first-order valence-corrected chi connectivity index (χ1v) is 10.5. The van der Waals surface area contributed by atoms with Gasteiger partial charge in [0.2, 0.25) is 0 Å². The molecule has 0 fully saturated rings. The molecule has 8 nitrogen and oxygen atoms in total. The summed E-state index contributed by atoms with van der Waals surface area (Å²) in [6, 6.07) is 15.2. The van der Waals surface area contributed by atoms with Crippen LogP contribution in [0.1, 0.15) is 21.6 Å². The van der Waals surface area contributed by atoms with Crippen molar-refractivity contribution in [2.24, 2.45) is 7.05 Å². The van der Waals surface area contributed by atoms with E-state index >= 15 is 0 Å². The van der Waals surface area contributed by atoms with Gasteiger partial charge in [0.1, 0.15) is 11.3 Å². The molecule has 0 aliphatic carbocycles. The Labute approximate surface area is 189 Å². The lowest BCUT2D eigenvalue weighted by Gasteiger charge is -2.12. The number of nitrogens with one attached hydrogen (secondary N) is 2. The van der Waals surface area contributed by atoms with Gasteiger partial charge in [-0.05, 0) is 43.7 Å². The zero-order valence-corrected chi connectivity index (χ0v) is 18.5. The van der Waals surface area contributed by atoms with Gasteiger partial charge in [-0.2, -0.15) is 5.10 Å². The number of para-hydroxylation sites is 1. The highest BCUT2D eigenvalue weighted by atomic mass is 16.1. The summed E-state index contributed by atoms with van der Waals surface area (Å²) in [6.45, 7) is 3.81. The Balaban J connectivity index is 1.50. The van der Waals surface area contributed by atoms with Crippen LogP contribution in [0.5, 0.6) is 0 Å². The maximum Gasteiger partial charge on any atom is 0.274 e. The molecule has 0 unspecified atom stereocenters. The number of nitrogens with zero attached hydrogens (tertiary/aromatic N) is 4. The van der Waals surface area contributed by atoms with Crippen molar-refractivity contribution in [2.75, 3.05) is 5.32 Å². The van der Waals surface area contributed by atoms with Gasteiger partial charge in [-0.15, -0.1) is 0 Å². The Hall–Kier alpha value is -4.46. The van der Waals surface area contributed by atoms with Gasteiger partial charge in [0.15, 0.2) is 0 Å². The van der Waals surface area contributed by atoms with Gasteiger partial charge in [-0.3, -0.25) is 9.59 Å². The summed E-state index contributed by atoms with van der Waals surface area (Å²) in [5.41, 5.74) is 4.95. The molecule has 4 heterocycles. The average molecular weight is 438 g/mol. The lowest BCUT2D eigenvalue weighted by molar-refractivity contribution is 0.102. The second kappa shape index (κ2) is 7.90. The Kier molecular flexibility index (Phi) is 4.90. The highest BCUT2D eigenvalue weighted by Crippen LogP contribution is 2.28. The first-order valence-electron chi connectivity index (χ1n) is 10.5. The number of aromatic nitrogens is 5. The Bertz CT molecular complexity index is 1560. The minimum absolute atomic E-state index is 0.105. The third-order valence-electron chi connectivity index (χ3n) is 5.74. The van der Waals surface area contributed by atoms with Crippen molar-refractivity contribution < 1.29 is 4.79 Å². The molecule has 4 aromatic heterocycles. The van der Waals surface area contributed by atoms with Crippen molar-refractivity contribution in [1.82, 2.24) is 24.3 Å². The number of rotatable bonds is 4. The number of aromatic amines is 1. The Morgan fingerprint density at radius 3 is 2.64 bits per heavy atom. The van der Waals surface area contributed by atoms with Crippen molar-refractivity contribution in [3.8, 4) is 16.9 Å². The zero-order valence-electron chi connectivity index (χ0n) is 18.5. The van der Waals surface area contributed by atoms with E-state index in [-0.39, 0.29) is 11.5 Å². The van der Waals surface area contributed by atoms with E-state index in [0.29, 0.717) is 22.6 Å². The highest BCUT2D eigenvalue weighted by Gasteiger charge is 2.18. The number of hydrogen-bond acceptors (Lipinski definition) is 4. The number of hydrogen-bond donors (Lipinski definition) is 2. The van der Waals surface area contributed by atoms with E-state index in [2.05, 4.69) is 15.4 Å². The normalized spacial score (nSPS) is 11.1. The van der Waals surface area contributed by atoms with Crippen molar-refractivity contribution in [3.63, 3.8) is 0 Å².